The lowest BCUT2D eigenvalue weighted by atomic mass is 10.0. The first-order valence-electron chi connectivity index (χ1n) is 3.95. The van der Waals surface area contributed by atoms with Crippen molar-refractivity contribution in [3.05, 3.63) is 41.2 Å². The highest BCUT2D eigenvalue weighted by molar-refractivity contribution is 5.19. The Kier molecular flexibility index (Phi) is 3.12. The zero-order valence-corrected chi connectivity index (χ0v) is 7.12. The lowest BCUT2D eigenvalue weighted by Gasteiger charge is -2.18. The van der Waals surface area contributed by atoms with Crippen molar-refractivity contribution in [2.45, 2.75) is 12.8 Å². The van der Waals surface area contributed by atoms with E-state index in [1.807, 2.05) is 13.1 Å². The third-order valence-electron chi connectivity index (χ3n) is 1.83. The Bertz CT molecular complexity index is 193. The molecule has 0 aromatic heterocycles. The van der Waals surface area contributed by atoms with Crippen molar-refractivity contribution < 1.29 is 0 Å². The van der Waals surface area contributed by atoms with E-state index >= 15 is 0 Å². The van der Waals surface area contributed by atoms with Gasteiger partial charge in [0.2, 0.25) is 0 Å². The molecule has 0 fully saturated rings. The number of likely N-dealkylation sites (N-methyl/N-ethyl adjacent to an activating group) is 1. The molecule has 0 bridgehead atoms. The summed E-state index contributed by atoms with van der Waals surface area (Å²) in [5.41, 5.74) is 1.37. The van der Waals surface area contributed by atoms with Crippen LogP contribution in [0, 0.1) is 0 Å². The van der Waals surface area contributed by atoms with Crippen LogP contribution in [0.5, 0.6) is 0 Å². The van der Waals surface area contributed by atoms with Gasteiger partial charge in [-0.1, -0.05) is 37.3 Å². The van der Waals surface area contributed by atoms with Crippen LogP contribution in [0.4, 0.5) is 0 Å². The van der Waals surface area contributed by atoms with E-state index in [9.17, 15) is 0 Å². The Balaban J connectivity index is 2.61. The van der Waals surface area contributed by atoms with Gasteiger partial charge in [-0.15, -0.1) is 6.54 Å². The van der Waals surface area contributed by atoms with Gasteiger partial charge in [0.25, 0.3) is 0 Å². The predicted molar refractivity (Wildman–Crippen MR) is 49.0 cm³/mol. The summed E-state index contributed by atoms with van der Waals surface area (Å²) < 4.78 is 0. The van der Waals surface area contributed by atoms with E-state index < -0.39 is 0 Å². The summed E-state index contributed by atoms with van der Waals surface area (Å²) >= 11 is 0. The Hall–Kier alpha value is -0.820. The fourth-order valence-electron chi connectivity index (χ4n) is 1.16. The Morgan fingerprint density at radius 3 is 2.45 bits per heavy atom. The van der Waals surface area contributed by atoms with Crippen molar-refractivity contribution in [2.24, 2.45) is 0 Å². The topological polar surface area (TPSA) is 14.1 Å². The molecule has 1 aromatic carbocycles. The fraction of sp³-hybridized carbons (Fsp3) is 0.400. The maximum Gasteiger partial charge on any atom is -0.0379 e. The standard InChI is InChI=1S/C10H14N/c1-9(8-11-2)10-6-4-3-5-7-10/h3-7,9H,8H2,1-2H3/q-1/t9-/m0/s1. The summed E-state index contributed by atoms with van der Waals surface area (Å²) in [5, 5.41) is 4.11. The molecule has 0 spiro atoms. The van der Waals surface area contributed by atoms with Gasteiger partial charge in [-0.05, 0) is 11.5 Å². The summed E-state index contributed by atoms with van der Waals surface area (Å²) in [4.78, 5) is 0. The molecule has 0 aliphatic heterocycles. The molecule has 1 atom stereocenters. The smallest absolute Gasteiger partial charge is 0.0379 e. The van der Waals surface area contributed by atoms with Crippen LogP contribution >= 0.6 is 0 Å². The molecule has 0 radical (unpaired) electrons. The average Bonchev–Trinajstić information content (AvgIpc) is 2.07. The van der Waals surface area contributed by atoms with Gasteiger partial charge >= 0.3 is 0 Å². The number of rotatable bonds is 3. The average molecular weight is 148 g/mol. The highest BCUT2D eigenvalue weighted by atomic mass is 14.8. The first kappa shape index (κ1) is 8.28. The highest BCUT2D eigenvalue weighted by Gasteiger charge is 1.96. The van der Waals surface area contributed by atoms with Crippen molar-refractivity contribution in [3.8, 4) is 0 Å². The molecule has 0 saturated heterocycles. The van der Waals surface area contributed by atoms with Crippen LogP contribution in [-0.2, 0) is 0 Å². The molecular formula is C10H14N-. The van der Waals surface area contributed by atoms with E-state index in [0.717, 1.165) is 6.54 Å². The second-order valence-electron chi connectivity index (χ2n) is 2.81. The molecular weight excluding hydrogens is 134 g/mol. The van der Waals surface area contributed by atoms with Crippen molar-refractivity contribution >= 4 is 0 Å². The summed E-state index contributed by atoms with van der Waals surface area (Å²) in [7, 11) is 1.86. The monoisotopic (exact) mass is 148 g/mol. The van der Waals surface area contributed by atoms with Crippen LogP contribution < -0.4 is 0 Å². The lowest BCUT2D eigenvalue weighted by molar-refractivity contribution is 0.818. The first-order chi connectivity index (χ1) is 5.34. The zero-order chi connectivity index (χ0) is 8.10. The van der Waals surface area contributed by atoms with Crippen LogP contribution in [0.2, 0.25) is 0 Å². The van der Waals surface area contributed by atoms with Gasteiger partial charge in [0.1, 0.15) is 0 Å². The maximum atomic E-state index is 4.11. The SMILES string of the molecule is C[N-]C[C@H](C)c1ccccc1. The Morgan fingerprint density at radius 1 is 1.27 bits per heavy atom. The molecule has 1 nitrogen and oxygen atoms in total. The molecule has 0 N–H and O–H groups in total. The minimum Gasteiger partial charge on any atom is -0.665 e. The summed E-state index contributed by atoms with van der Waals surface area (Å²) in [6, 6.07) is 10.5. The molecule has 1 rings (SSSR count). The fourth-order valence-corrected chi connectivity index (χ4v) is 1.16. The van der Waals surface area contributed by atoms with Gasteiger partial charge in [-0.25, -0.2) is 0 Å². The van der Waals surface area contributed by atoms with E-state index in [2.05, 4.69) is 36.5 Å². The molecule has 11 heavy (non-hydrogen) atoms. The van der Waals surface area contributed by atoms with Crippen molar-refractivity contribution in [1.82, 2.24) is 0 Å². The minimum absolute atomic E-state index is 0.557. The van der Waals surface area contributed by atoms with Crippen LogP contribution in [-0.4, -0.2) is 13.6 Å². The van der Waals surface area contributed by atoms with Crippen LogP contribution in [0.1, 0.15) is 18.4 Å². The number of hydrogen-bond donors (Lipinski definition) is 0. The normalized spacial score (nSPS) is 12.9. The second kappa shape index (κ2) is 4.14. The number of benzene rings is 1. The molecule has 0 aliphatic carbocycles. The van der Waals surface area contributed by atoms with Crippen molar-refractivity contribution in [1.29, 1.82) is 0 Å². The van der Waals surface area contributed by atoms with Gasteiger partial charge < -0.3 is 5.32 Å². The second-order valence-corrected chi connectivity index (χ2v) is 2.81. The van der Waals surface area contributed by atoms with Gasteiger partial charge in [-0.2, -0.15) is 7.05 Å². The van der Waals surface area contributed by atoms with Gasteiger partial charge in [0.05, 0.1) is 0 Å². The van der Waals surface area contributed by atoms with Crippen molar-refractivity contribution in [3.63, 3.8) is 0 Å². The predicted octanol–water partition coefficient (Wildman–Crippen LogP) is 2.79. The number of nitrogens with zero attached hydrogens (tertiary/aromatic N) is 1. The zero-order valence-electron chi connectivity index (χ0n) is 7.12. The quantitative estimate of drug-likeness (QED) is 0.625. The van der Waals surface area contributed by atoms with Gasteiger partial charge in [-0.3, -0.25) is 0 Å². The minimum atomic E-state index is 0.557. The third kappa shape index (κ3) is 2.35. The van der Waals surface area contributed by atoms with Crippen LogP contribution in [0.15, 0.2) is 30.3 Å². The van der Waals surface area contributed by atoms with Crippen LogP contribution in [0.25, 0.3) is 5.32 Å². The van der Waals surface area contributed by atoms with Gasteiger partial charge in [0, 0.05) is 0 Å². The largest absolute Gasteiger partial charge is 0.665 e. The third-order valence-corrected chi connectivity index (χ3v) is 1.83. The van der Waals surface area contributed by atoms with E-state index in [1.165, 1.54) is 5.56 Å². The van der Waals surface area contributed by atoms with Crippen LogP contribution in [0.3, 0.4) is 0 Å². The van der Waals surface area contributed by atoms with E-state index in [4.69, 9.17) is 0 Å². The lowest BCUT2D eigenvalue weighted by Crippen LogP contribution is -1.97. The molecule has 1 heteroatoms. The highest BCUT2D eigenvalue weighted by Crippen LogP contribution is 2.15. The summed E-state index contributed by atoms with van der Waals surface area (Å²) in [6.07, 6.45) is 0. The van der Waals surface area contributed by atoms with Gasteiger partial charge in [0.15, 0.2) is 0 Å². The van der Waals surface area contributed by atoms with E-state index in [-0.39, 0.29) is 0 Å². The molecule has 60 valence electrons. The molecule has 0 unspecified atom stereocenters. The summed E-state index contributed by atoms with van der Waals surface area (Å²) in [6.45, 7) is 3.12. The first-order valence-corrected chi connectivity index (χ1v) is 3.95. The number of hydrogen-bond acceptors (Lipinski definition) is 0. The van der Waals surface area contributed by atoms with E-state index in [0.29, 0.717) is 5.92 Å². The Labute approximate surface area is 68.4 Å². The molecule has 0 saturated carbocycles. The molecule has 1 aromatic rings. The van der Waals surface area contributed by atoms with E-state index in [1.54, 1.807) is 0 Å². The molecule has 0 heterocycles. The Morgan fingerprint density at radius 2 is 1.91 bits per heavy atom. The van der Waals surface area contributed by atoms with Crippen molar-refractivity contribution in [2.75, 3.05) is 13.6 Å². The maximum absolute atomic E-state index is 4.11. The molecule has 0 aliphatic rings. The summed E-state index contributed by atoms with van der Waals surface area (Å²) in [5.74, 6) is 0.557. The molecule has 0 amide bonds.